The van der Waals surface area contributed by atoms with E-state index in [1.165, 1.54) is 55.2 Å². The Bertz CT molecular complexity index is 1980. The maximum atomic E-state index is 15.9. The van der Waals surface area contributed by atoms with Crippen LogP contribution in [0.3, 0.4) is 0 Å². The largest absolute Gasteiger partial charge is 0.497 e. The van der Waals surface area contributed by atoms with Crippen LogP contribution in [0.25, 0.3) is 33.9 Å². The number of rotatable bonds is 16. The second kappa shape index (κ2) is 17.3. The third-order valence-corrected chi connectivity index (χ3v) is 8.00. The van der Waals surface area contributed by atoms with Crippen molar-refractivity contribution >= 4 is 5.91 Å². The van der Waals surface area contributed by atoms with Gasteiger partial charge in [0.25, 0.3) is 5.91 Å². The van der Waals surface area contributed by atoms with Gasteiger partial charge in [-0.1, -0.05) is 24.3 Å². The highest BCUT2D eigenvalue weighted by atomic mass is 19.4. The summed E-state index contributed by atoms with van der Waals surface area (Å²) in [6.07, 6.45) is -4.66. The molecule has 14 heteroatoms. The van der Waals surface area contributed by atoms with Gasteiger partial charge in [0.1, 0.15) is 34.7 Å². The summed E-state index contributed by atoms with van der Waals surface area (Å²) in [5, 5.41) is 2.77. The van der Waals surface area contributed by atoms with Crippen LogP contribution >= 0.6 is 0 Å². The lowest BCUT2D eigenvalue weighted by Gasteiger charge is -2.16. The molecule has 0 bridgehead atoms. The summed E-state index contributed by atoms with van der Waals surface area (Å²) in [7, 11) is 2.75. The minimum absolute atomic E-state index is 0.000837. The van der Waals surface area contributed by atoms with Crippen molar-refractivity contribution in [2.45, 2.75) is 12.7 Å². The van der Waals surface area contributed by atoms with Gasteiger partial charge in [0.2, 0.25) is 0 Å². The van der Waals surface area contributed by atoms with Gasteiger partial charge in [0, 0.05) is 54.0 Å². The fourth-order valence-electron chi connectivity index (χ4n) is 5.44. The first-order valence-electron chi connectivity index (χ1n) is 16.2. The number of ether oxygens (including phenoxy) is 4. The number of aromatic nitrogens is 2. The van der Waals surface area contributed by atoms with Crippen LogP contribution in [0.2, 0.25) is 0 Å². The zero-order valence-electron chi connectivity index (χ0n) is 28.4. The highest BCUT2D eigenvalue weighted by molar-refractivity contribution is 5.94. The molecule has 0 unspecified atom stereocenters. The first-order valence-corrected chi connectivity index (χ1v) is 16.2. The predicted octanol–water partition coefficient (Wildman–Crippen LogP) is 6.97. The van der Waals surface area contributed by atoms with E-state index in [4.69, 9.17) is 24.7 Å². The Morgan fingerprint density at radius 3 is 2.04 bits per heavy atom. The van der Waals surface area contributed by atoms with Gasteiger partial charge >= 0.3 is 6.18 Å². The molecule has 0 aliphatic heterocycles. The Kier molecular flexibility index (Phi) is 12.6. The van der Waals surface area contributed by atoms with Crippen LogP contribution in [0.4, 0.5) is 22.0 Å². The Morgan fingerprint density at radius 1 is 0.808 bits per heavy atom. The van der Waals surface area contributed by atoms with Crippen LogP contribution in [0.1, 0.15) is 21.5 Å². The molecule has 52 heavy (non-hydrogen) atoms. The average molecular weight is 725 g/mol. The van der Waals surface area contributed by atoms with Crippen molar-refractivity contribution in [3.05, 3.63) is 113 Å². The van der Waals surface area contributed by atoms with Gasteiger partial charge < -0.3 is 34.6 Å². The standard InChI is InChI=1S/C38H37F5N4O5/c1-49-28-10-12-30(32(39)21-28)34-35(31-13-11-29(50-2)22-33(31)40)47(36(46-34)26-4-3-5-27(20-26)38(41,42)43)23-24-6-8-25(9-7-24)37(48)45-15-17-52-19-18-51-16-14-44/h3-13,20-22H,14-19,23,44H2,1-2H3,(H,45,48). The number of hydrogen-bond acceptors (Lipinski definition) is 7. The van der Waals surface area contributed by atoms with Crippen LogP contribution in [0.5, 0.6) is 11.5 Å². The van der Waals surface area contributed by atoms with E-state index in [-0.39, 0.29) is 71.0 Å². The lowest BCUT2D eigenvalue weighted by Crippen LogP contribution is -2.27. The lowest BCUT2D eigenvalue weighted by atomic mass is 10.0. The van der Waals surface area contributed by atoms with Crippen molar-refractivity contribution < 1.29 is 45.7 Å². The quantitative estimate of drug-likeness (QED) is 0.0836. The first kappa shape index (κ1) is 37.9. The van der Waals surface area contributed by atoms with E-state index in [0.29, 0.717) is 37.5 Å². The number of nitrogens with zero attached hydrogens (tertiary/aromatic N) is 2. The Hall–Kier alpha value is -5.31. The van der Waals surface area contributed by atoms with Crippen molar-refractivity contribution in [2.24, 2.45) is 5.73 Å². The predicted molar refractivity (Wildman–Crippen MR) is 185 cm³/mol. The molecule has 0 atom stereocenters. The summed E-state index contributed by atoms with van der Waals surface area (Å²) < 4.78 is 95.8. The van der Waals surface area contributed by atoms with Crippen molar-refractivity contribution in [3.8, 4) is 45.4 Å². The van der Waals surface area contributed by atoms with E-state index >= 15 is 8.78 Å². The van der Waals surface area contributed by atoms with Gasteiger partial charge in [0.15, 0.2) is 0 Å². The van der Waals surface area contributed by atoms with Crippen LogP contribution in [0, 0.1) is 11.6 Å². The Labute approximate surface area is 297 Å². The lowest BCUT2D eigenvalue weighted by molar-refractivity contribution is -0.137. The number of halogens is 5. The van der Waals surface area contributed by atoms with E-state index in [9.17, 15) is 18.0 Å². The summed E-state index contributed by atoms with van der Waals surface area (Å²) in [4.78, 5) is 17.5. The van der Waals surface area contributed by atoms with Gasteiger partial charge in [-0.25, -0.2) is 13.8 Å². The molecule has 0 fully saturated rings. The molecule has 3 N–H and O–H groups in total. The van der Waals surface area contributed by atoms with Crippen molar-refractivity contribution in [2.75, 3.05) is 53.7 Å². The fraction of sp³-hybridized carbons (Fsp3) is 0.263. The molecule has 1 amide bonds. The van der Waals surface area contributed by atoms with Crippen LogP contribution in [0.15, 0.2) is 84.9 Å². The maximum Gasteiger partial charge on any atom is 0.416 e. The normalized spacial score (nSPS) is 11.5. The third-order valence-electron chi connectivity index (χ3n) is 8.00. The maximum absolute atomic E-state index is 15.9. The molecule has 9 nitrogen and oxygen atoms in total. The van der Waals surface area contributed by atoms with Crippen LogP contribution < -0.4 is 20.5 Å². The third kappa shape index (κ3) is 9.12. The molecule has 5 rings (SSSR count). The molecule has 5 aromatic rings. The minimum Gasteiger partial charge on any atom is -0.497 e. The average Bonchev–Trinajstić information content (AvgIpc) is 3.50. The van der Waals surface area contributed by atoms with E-state index in [1.807, 2.05) is 0 Å². The molecule has 1 aromatic heterocycles. The summed E-state index contributed by atoms with van der Waals surface area (Å²) in [5.74, 6) is -1.35. The smallest absolute Gasteiger partial charge is 0.416 e. The number of carbonyl (C=O) groups excluding carboxylic acids is 1. The topological polar surface area (TPSA) is 110 Å². The molecule has 0 aliphatic carbocycles. The number of hydrogen-bond donors (Lipinski definition) is 2. The molecule has 0 saturated heterocycles. The van der Waals surface area contributed by atoms with Crippen LogP contribution in [-0.4, -0.2) is 69.2 Å². The Balaban J connectivity index is 1.56. The second-order valence-electron chi connectivity index (χ2n) is 11.5. The van der Waals surface area contributed by atoms with E-state index in [2.05, 4.69) is 10.3 Å². The zero-order valence-corrected chi connectivity index (χ0v) is 28.4. The molecular formula is C38H37F5N4O5. The molecule has 0 saturated carbocycles. The number of carbonyl (C=O) groups is 1. The van der Waals surface area contributed by atoms with Gasteiger partial charge in [0.05, 0.1) is 51.9 Å². The van der Waals surface area contributed by atoms with E-state index in [1.54, 1.807) is 24.3 Å². The number of nitrogens with one attached hydrogen (secondary N) is 1. The molecule has 0 aliphatic rings. The zero-order chi connectivity index (χ0) is 37.3. The molecular weight excluding hydrogens is 687 g/mol. The number of amides is 1. The first-order chi connectivity index (χ1) is 25.0. The van der Waals surface area contributed by atoms with Gasteiger partial charge in [-0.3, -0.25) is 4.79 Å². The number of methoxy groups -OCH3 is 2. The van der Waals surface area contributed by atoms with Crippen molar-refractivity contribution in [1.82, 2.24) is 14.9 Å². The summed E-state index contributed by atoms with van der Waals surface area (Å²) in [6.45, 7) is 2.09. The molecule has 4 aromatic carbocycles. The van der Waals surface area contributed by atoms with E-state index in [0.717, 1.165) is 24.3 Å². The summed E-state index contributed by atoms with van der Waals surface area (Å²) in [5.41, 5.74) is 5.52. The number of benzene rings is 4. The second-order valence-corrected chi connectivity index (χ2v) is 11.5. The SMILES string of the molecule is COc1ccc(-c2nc(-c3cccc(C(F)(F)F)c3)n(Cc3ccc(C(=O)NCCOCCOCCN)cc3)c2-c2ccc(OC)cc2F)c(F)c1. The highest BCUT2D eigenvalue weighted by Crippen LogP contribution is 2.41. The number of alkyl halides is 3. The number of nitrogens with two attached hydrogens (primary N) is 1. The van der Waals surface area contributed by atoms with Crippen molar-refractivity contribution in [1.29, 1.82) is 0 Å². The van der Waals surface area contributed by atoms with Gasteiger partial charge in [-0.05, 0) is 54.1 Å². The van der Waals surface area contributed by atoms with Crippen molar-refractivity contribution in [3.63, 3.8) is 0 Å². The van der Waals surface area contributed by atoms with Crippen LogP contribution in [-0.2, 0) is 22.2 Å². The Morgan fingerprint density at radius 2 is 1.44 bits per heavy atom. The summed E-state index contributed by atoms with van der Waals surface area (Å²) >= 11 is 0. The molecule has 0 spiro atoms. The molecule has 0 radical (unpaired) electrons. The summed E-state index contributed by atoms with van der Waals surface area (Å²) in [6, 6.07) is 19.2. The highest BCUT2D eigenvalue weighted by Gasteiger charge is 2.32. The monoisotopic (exact) mass is 724 g/mol. The molecule has 274 valence electrons. The number of imidazole rings is 1. The fourth-order valence-corrected chi connectivity index (χ4v) is 5.44. The van der Waals surface area contributed by atoms with Gasteiger partial charge in [-0.15, -0.1) is 0 Å². The molecule has 1 heterocycles. The van der Waals surface area contributed by atoms with Gasteiger partial charge in [-0.2, -0.15) is 13.2 Å². The van der Waals surface area contributed by atoms with E-state index < -0.39 is 23.4 Å². The minimum atomic E-state index is -4.66.